The molecule has 0 atom stereocenters. The first-order chi connectivity index (χ1) is 15.2. The fourth-order valence-electron chi connectivity index (χ4n) is 4.59. The molecule has 3 aromatic rings. The Bertz CT molecular complexity index is 1020. The van der Waals surface area contributed by atoms with Crippen LogP contribution >= 0.6 is 11.6 Å². The van der Waals surface area contributed by atoms with Crippen molar-refractivity contribution in [3.05, 3.63) is 59.1 Å². The third kappa shape index (κ3) is 4.55. The molecular weight excluding hydrogens is 412 g/mol. The number of anilines is 1. The number of hydrogen-bond donors (Lipinski definition) is 0. The number of rotatable bonds is 4. The van der Waals surface area contributed by atoms with Gasteiger partial charge < -0.3 is 14.2 Å². The minimum Gasteiger partial charge on any atom is -0.423 e. The van der Waals surface area contributed by atoms with Crippen molar-refractivity contribution >= 4 is 34.6 Å². The lowest BCUT2D eigenvalue weighted by Gasteiger charge is -2.38. The van der Waals surface area contributed by atoms with Crippen molar-refractivity contribution in [2.45, 2.75) is 19.4 Å². The second-order valence-electron chi connectivity index (χ2n) is 8.46. The van der Waals surface area contributed by atoms with Gasteiger partial charge in [0.2, 0.25) is 5.91 Å². The van der Waals surface area contributed by atoms with Crippen LogP contribution in [0.1, 0.15) is 18.4 Å². The maximum absolute atomic E-state index is 13.1. The third-order valence-electron chi connectivity index (χ3n) is 6.38. The van der Waals surface area contributed by atoms with Gasteiger partial charge in [0.05, 0.1) is 0 Å². The molecule has 0 spiro atoms. The Balaban J connectivity index is 1.11. The Morgan fingerprint density at radius 2 is 1.77 bits per heavy atom. The predicted octanol–water partition coefficient (Wildman–Crippen LogP) is 4.04. The Morgan fingerprint density at radius 1 is 1.00 bits per heavy atom. The Morgan fingerprint density at radius 3 is 2.52 bits per heavy atom. The average molecular weight is 439 g/mol. The molecule has 162 valence electrons. The van der Waals surface area contributed by atoms with E-state index in [4.69, 9.17) is 16.0 Å². The maximum Gasteiger partial charge on any atom is 0.298 e. The van der Waals surface area contributed by atoms with E-state index in [1.165, 1.54) is 5.56 Å². The van der Waals surface area contributed by atoms with Crippen molar-refractivity contribution in [2.24, 2.45) is 5.92 Å². The van der Waals surface area contributed by atoms with E-state index in [2.05, 4.69) is 20.9 Å². The number of oxazole rings is 1. The second kappa shape index (κ2) is 8.89. The van der Waals surface area contributed by atoms with Crippen molar-refractivity contribution in [3.8, 4) is 0 Å². The molecule has 0 N–H and O–H groups in total. The highest BCUT2D eigenvalue weighted by molar-refractivity contribution is 6.30. The molecule has 0 radical (unpaired) electrons. The number of fused-ring (bicyclic) bond motifs is 1. The van der Waals surface area contributed by atoms with Crippen LogP contribution in [0.25, 0.3) is 11.1 Å². The lowest BCUT2D eigenvalue weighted by molar-refractivity contribution is -0.138. The van der Waals surface area contributed by atoms with E-state index in [9.17, 15) is 4.79 Å². The number of halogens is 1. The molecule has 3 heterocycles. The van der Waals surface area contributed by atoms with Crippen molar-refractivity contribution in [2.75, 3.05) is 44.2 Å². The van der Waals surface area contributed by atoms with Crippen molar-refractivity contribution in [1.82, 2.24) is 14.8 Å². The van der Waals surface area contributed by atoms with Crippen LogP contribution < -0.4 is 4.90 Å². The fourth-order valence-corrected chi connectivity index (χ4v) is 4.80. The molecule has 0 saturated carbocycles. The lowest BCUT2D eigenvalue weighted by Crippen LogP contribution is -2.51. The maximum atomic E-state index is 13.1. The summed E-state index contributed by atoms with van der Waals surface area (Å²) in [5.74, 6) is 0.403. The van der Waals surface area contributed by atoms with Crippen molar-refractivity contribution < 1.29 is 9.21 Å². The summed E-state index contributed by atoms with van der Waals surface area (Å²) in [5.41, 5.74) is 2.91. The number of piperidine rings is 1. The number of carbonyl (C=O) groups is 1. The van der Waals surface area contributed by atoms with Crippen LogP contribution in [-0.2, 0) is 11.3 Å². The normalized spacial score (nSPS) is 18.6. The molecule has 0 aliphatic carbocycles. The minimum atomic E-state index is 0.0973. The molecule has 2 aliphatic rings. The second-order valence-corrected chi connectivity index (χ2v) is 8.89. The van der Waals surface area contributed by atoms with E-state index < -0.39 is 0 Å². The zero-order valence-electron chi connectivity index (χ0n) is 17.5. The van der Waals surface area contributed by atoms with Crippen LogP contribution in [0.5, 0.6) is 0 Å². The summed E-state index contributed by atoms with van der Waals surface area (Å²) in [5, 5.41) is 0.774. The zero-order chi connectivity index (χ0) is 21.2. The largest absolute Gasteiger partial charge is 0.423 e. The zero-order valence-corrected chi connectivity index (χ0v) is 18.3. The molecule has 2 aliphatic heterocycles. The summed E-state index contributed by atoms with van der Waals surface area (Å²) in [7, 11) is 0. The van der Waals surface area contributed by atoms with E-state index in [1.807, 2.05) is 47.4 Å². The van der Waals surface area contributed by atoms with E-state index in [0.29, 0.717) is 11.9 Å². The number of carbonyl (C=O) groups excluding carboxylic acids is 1. The monoisotopic (exact) mass is 438 g/mol. The molecule has 5 rings (SSSR count). The molecule has 2 aromatic carbocycles. The first-order valence-corrected chi connectivity index (χ1v) is 11.4. The van der Waals surface area contributed by atoms with Crippen LogP contribution in [-0.4, -0.2) is 60.0 Å². The molecule has 2 fully saturated rings. The van der Waals surface area contributed by atoms with Crippen LogP contribution in [0.2, 0.25) is 5.02 Å². The Hall–Kier alpha value is -2.57. The SMILES string of the molecule is O=C(C1CCN(c2nc3ccccc3o2)CC1)N1CCN(Cc2cccc(Cl)c2)CC1. The fraction of sp³-hybridized carbons (Fsp3) is 0.417. The van der Waals surface area contributed by atoms with Gasteiger partial charge in [0.1, 0.15) is 5.52 Å². The average Bonchev–Trinajstić information content (AvgIpc) is 3.24. The standard InChI is InChI=1S/C24H27ClN4O2/c25-20-5-3-4-18(16-20)17-27-12-14-28(15-13-27)23(30)19-8-10-29(11-9-19)24-26-21-6-1-2-7-22(21)31-24/h1-7,16,19H,8-15,17H2. The van der Waals surface area contributed by atoms with Gasteiger partial charge in [-0.05, 0) is 42.7 Å². The quantitative estimate of drug-likeness (QED) is 0.615. The number of nitrogens with zero attached hydrogens (tertiary/aromatic N) is 4. The minimum absolute atomic E-state index is 0.0973. The van der Waals surface area contributed by atoms with Gasteiger partial charge in [-0.2, -0.15) is 4.98 Å². The van der Waals surface area contributed by atoms with E-state index in [1.54, 1.807) is 0 Å². The topological polar surface area (TPSA) is 52.8 Å². The lowest BCUT2D eigenvalue weighted by atomic mass is 9.95. The summed E-state index contributed by atoms with van der Waals surface area (Å²) >= 11 is 6.10. The molecular formula is C24H27ClN4O2. The molecule has 1 amide bonds. The van der Waals surface area contributed by atoms with Gasteiger partial charge in [0, 0.05) is 56.8 Å². The van der Waals surface area contributed by atoms with Gasteiger partial charge in [-0.15, -0.1) is 0 Å². The first-order valence-electron chi connectivity index (χ1n) is 11.0. The van der Waals surface area contributed by atoms with Gasteiger partial charge in [0.25, 0.3) is 6.01 Å². The molecule has 1 aromatic heterocycles. The van der Waals surface area contributed by atoms with Crippen LogP contribution in [0, 0.1) is 5.92 Å². The summed E-state index contributed by atoms with van der Waals surface area (Å²) in [4.78, 5) is 24.3. The highest BCUT2D eigenvalue weighted by atomic mass is 35.5. The number of para-hydroxylation sites is 2. The summed E-state index contributed by atoms with van der Waals surface area (Å²) in [6.45, 7) is 5.89. The third-order valence-corrected chi connectivity index (χ3v) is 6.61. The van der Waals surface area contributed by atoms with E-state index in [-0.39, 0.29) is 5.92 Å². The van der Waals surface area contributed by atoms with Gasteiger partial charge >= 0.3 is 0 Å². The smallest absolute Gasteiger partial charge is 0.298 e. The van der Waals surface area contributed by atoms with Crippen molar-refractivity contribution in [3.63, 3.8) is 0 Å². The molecule has 7 heteroatoms. The molecule has 0 bridgehead atoms. The summed E-state index contributed by atoms with van der Waals surface area (Å²) in [6, 6.07) is 16.5. The summed E-state index contributed by atoms with van der Waals surface area (Å²) in [6.07, 6.45) is 1.70. The number of benzene rings is 2. The number of amides is 1. The number of aromatic nitrogens is 1. The van der Waals surface area contributed by atoms with Crippen LogP contribution in [0.15, 0.2) is 52.9 Å². The van der Waals surface area contributed by atoms with Crippen LogP contribution in [0.3, 0.4) is 0 Å². The van der Waals surface area contributed by atoms with Gasteiger partial charge in [-0.3, -0.25) is 9.69 Å². The Kier molecular flexibility index (Phi) is 5.83. The van der Waals surface area contributed by atoms with E-state index >= 15 is 0 Å². The molecule has 0 unspecified atom stereocenters. The first kappa shape index (κ1) is 20.3. The number of piperazine rings is 1. The van der Waals surface area contributed by atoms with Crippen LogP contribution in [0.4, 0.5) is 6.01 Å². The highest BCUT2D eigenvalue weighted by Gasteiger charge is 2.31. The van der Waals surface area contributed by atoms with Gasteiger partial charge in [-0.25, -0.2) is 0 Å². The van der Waals surface area contributed by atoms with Gasteiger partial charge in [0.15, 0.2) is 5.58 Å². The molecule has 31 heavy (non-hydrogen) atoms. The predicted molar refractivity (Wildman–Crippen MR) is 122 cm³/mol. The van der Waals surface area contributed by atoms with Crippen molar-refractivity contribution in [1.29, 1.82) is 0 Å². The highest BCUT2D eigenvalue weighted by Crippen LogP contribution is 2.27. The van der Waals surface area contributed by atoms with E-state index in [0.717, 1.165) is 74.8 Å². The summed E-state index contributed by atoms with van der Waals surface area (Å²) < 4.78 is 5.89. The molecule has 2 saturated heterocycles. The van der Waals surface area contributed by atoms with Gasteiger partial charge in [-0.1, -0.05) is 35.9 Å². The molecule has 6 nitrogen and oxygen atoms in total. The Labute approximate surface area is 187 Å². The number of hydrogen-bond acceptors (Lipinski definition) is 5.